The van der Waals surface area contributed by atoms with Gasteiger partial charge in [0, 0.05) is 18.3 Å². The predicted octanol–water partition coefficient (Wildman–Crippen LogP) is 2.68. The minimum Gasteiger partial charge on any atom is -0.382 e. The molecule has 3 nitrogen and oxygen atoms in total. The quantitative estimate of drug-likeness (QED) is 0.871. The summed E-state index contributed by atoms with van der Waals surface area (Å²) in [5.74, 6) is -0.474. The molecule has 1 N–H and O–H groups in total. The standard InChI is InChI=1S/C13H15FN2O/c1-2-17-12-5-11(6-12)16-10-4-3-9(8-15)13(14)7-10/h3-4,7,11-12,16H,2,5-6H2,1H3. The van der Waals surface area contributed by atoms with Gasteiger partial charge in [-0.3, -0.25) is 0 Å². The summed E-state index contributed by atoms with van der Waals surface area (Å²) in [5.41, 5.74) is 0.804. The van der Waals surface area contributed by atoms with Crippen molar-refractivity contribution >= 4 is 5.69 Å². The number of hydrogen-bond acceptors (Lipinski definition) is 3. The Kier molecular flexibility index (Phi) is 3.60. The summed E-state index contributed by atoms with van der Waals surface area (Å²) in [6.45, 7) is 2.72. The van der Waals surface area contributed by atoms with Crippen molar-refractivity contribution < 1.29 is 9.13 Å². The summed E-state index contributed by atoms with van der Waals surface area (Å²) in [5, 5.41) is 11.8. The minimum atomic E-state index is -0.474. The van der Waals surface area contributed by atoms with Crippen LogP contribution in [0.4, 0.5) is 10.1 Å². The highest BCUT2D eigenvalue weighted by molar-refractivity contribution is 5.49. The first-order valence-corrected chi connectivity index (χ1v) is 5.80. The van der Waals surface area contributed by atoms with E-state index in [1.807, 2.05) is 6.92 Å². The molecule has 90 valence electrons. The number of ether oxygens (including phenoxy) is 1. The van der Waals surface area contributed by atoms with Gasteiger partial charge in [-0.2, -0.15) is 5.26 Å². The number of nitrogens with one attached hydrogen (secondary N) is 1. The van der Waals surface area contributed by atoms with E-state index in [0.717, 1.165) is 25.1 Å². The summed E-state index contributed by atoms with van der Waals surface area (Å²) < 4.78 is 18.8. The maximum absolute atomic E-state index is 13.3. The molecule has 1 saturated carbocycles. The molecule has 1 aromatic rings. The van der Waals surface area contributed by atoms with Gasteiger partial charge in [-0.05, 0) is 38.0 Å². The molecule has 0 saturated heterocycles. The Morgan fingerprint density at radius 3 is 2.88 bits per heavy atom. The molecular formula is C13H15FN2O. The second-order valence-corrected chi connectivity index (χ2v) is 4.20. The van der Waals surface area contributed by atoms with Crippen LogP contribution in [0.3, 0.4) is 0 Å². The van der Waals surface area contributed by atoms with Gasteiger partial charge < -0.3 is 10.1 Å². The smallest absolute Gasteiger partial charge is 0.143 e. The number of halogens is 1. The first-order chi connectivity index (χ1) is 8.22. The lowest BCUT2D eigenvalue weighted by atomic mass is 9.89. The number of hydrogen-bond donors (Lipinski definition) is 1. The summed E-state index contributed by atoms with van der Waals surface area (Å²) >= 11 is 0. The topological polar surface area (TPSA) is 45.0 Å². The van der Waals surface area contributed by atoms with Crippen molar-refractivity contribution in [3.05, 3.63) is 29.6 Å². The van der Waals surface area contributed by atoms with Crippen LogP contribution in [-0.2, 0) is 4.74 Å². The maximum Gasteiger partial charge on any atom is 0.143 e. The highest BCUT2D eigenvalue weighted by Gasteiger charge is 2.29. The summed E-state index contributed by atoms with van der Waals surface area (Å²) in [6.07, 6.45) is 2.24. The lowest BCUT2D eigenvalue weighted by Gasteiger charge is -2.36. The van der Waals surface area contributed by atoms with Crippen LogP contribution < -0.4 is 5.32 Å². The summed E-state index contributed by atoms with van der Waals surface area (Å²) in [7, 11) is 0. The van der Waals surface area contributed by atoms with Gasteiger partial charge >= 0.3 is 0 Å². The zero-order valence-electron chi connectivity index (χ0n) is 9.74. The number of benzene rings is 1. The third-order valence-corrected chi connectivity index (χ3v) is 2.96. The fourth-order valence-electron chi connectivity index (χ4n) is 1.99. The molecule has 4 heteroatoms. The van der Waals surface area contributed by atoms with Crippen molar-refractivity contribution in [3.8, 4) is 6.07 Å². The van der Waals surface area contributed by atoms with E-state index in [1.54, 1.807) is 12.1 Å². The van der Waals surface area contributed by atoms with Crippen molar-refractivity contribution in [2.45, 2.75) is 31.9 Å². The Bertz CT molecular complexity index is 436. The van der Waals surface area contributed by atoms with Crippen LogP contribution in [0.2, 0.25) is 0 Å². The molecule has 17 heavy (non-hydrogen) atoms. The molecule has 0 spiro atoms. The number of nitrogens with zero attached hydrogens (tertiary/aromatic N) is 1. The van der Waals surface area contributed by atoms with Gasteiger partial charge in [0.15, 0.2) is 0 Å². The van der Waals surface area contributed by atoms with Crippen LogP contribution in [0.5, 0.6) is 0 Å². The fourth-order valence-corrected chi connectivity index (χ4v) is 1.99. The monoisotopic (exact) mass is 234 g/mol. The Labute approximate surface area is 100 Å². The second-order valence-electron chi connectivity index (χ2n) is 4.20. The van der Waals surface area contributed by atoms with Crippen molar-refractivity contribution in [2.24, 2.45) is 0 Å². The molecule has 0 heterocycles. The van der Waals surface area contributed by atoms with Crippen molar-refractivity contribution in [1.82, 2.24) is 0 Å². The van der Waals surface area contributed by atoms with Crippen molar-refractivity contribution in [3.63, 3.8) is 0 Å². The second kappa shape index (κ2) is 5.15. The molecule has 0 amide bonds. The summed E-state index contributed by atoms with van der Waals surface area (Å²) in [6, 6.07) is 6.75. The van der Waals surface area contributed by atoms with Crippen LogP contribution in [0.1, 0.15) is 25.3 Å². The average molecular weight is 234 g/mol. The first kappa shape index (κ1) is 11.9. The van der Waals surface area contributed by atoms with E-state index < -0.39 is 5.82 Å². The van der Waals surface area contributed by atoms with Gasteiger partial charge in [0.25, 0.3) is 0 Å². The summed E-state index contributed by atoms with van der Waals surface area (Å²) in [4.78, 5) is 0. The van der Waals surface area contributed by atoms with Crippen LogP contribution >= 0.6 is 0 Å². The van der Waals surface area contributed by atoms with E-state index in [9.17, 15) is 4.39 Å². The Morgan fingerprint density at radius 1 is 1.53 bits per heavy atom. The SMILES string of the molecule is CCOC1CC(Nc2ccc(C#N)c(F)c2)C1. The van der Waals surface area contributed by atoms with Gasteiger partial charge in [-0.15, -0.1) is 0 Å². The van der Waals surface area contributed by atoms with Crippen LogP contribution in [0.15, 0.2) is 18.2 Å². The number of nitriles is 1. The number of anilines is 1. The lowest BCUT2D eigenvalue weighted by molar-refractivity contribution is 0.00299. The molecule has 1 aliphatic carbocycles. The zero-order valence-corrected chi connectivity index (χ0v) is 9.74. The van der Waals surface area contributed by atoms with E-state index >= 15 is 0 Å². The van der Waals surface area contributed by atoms with E-state index in [1.165, 1.54) is 12.1 Å². The third-order valence-electron chi connectivity index (χ3n) is 2.96. The molecule has 1 fully saturated rings. The molecule has 0 atom stereocenters. The van der Waals surface area contributed by atoms with Gasteiger partial charge in [-0.25, -0.2) is 4.39 Å². The Hall–Kier alpha value is -1.60. The van der Waals surface area contributed by atoms with Crippen molar-refractivity contribution in [1.29, 1.82) is 5.26 Å². The van der Waals surface area contributed by atoms with E-state index in [4.69, 9.17) is 10.00 Å². The average Bonchev–Trinajstić information content (AvgIpc) is 2.26. The maximum atomic E-state index is 13.3. The van der Waals surface area contributed by atoms with Crippen LogP contribution in [0, 0.1) is 17.1 Å². The minimum absolute atomic E-state index is 0.0800. The molecular weight excluding hydrogens is 219 g/mol. The molecule has 0 radical (unpaired) electrons. The van der Waals surface area contributed by atoms with E-state index in [2.05, 4.69) is 5.32 Å². The molecule has 0 aromatic heterocycles. The van der Waals surface area contributed by atoms with Crippen LogP contribution in [0.25, 0.3) is 0 Å². The molecule has 0 aliphatic heterocycles. The Morgan fingerprint density at radius 2 is 2.29 bits per heavy atom. The predicted molar refractivity (Wildman–Crippen MR) is 63.2 cm³/mol. The van der Waals surface area contributed by atoms with Gasteiger partial charge in [0.1, 0.15) is 11.9 Å². The van der Waals surface area contributed by atoms with Gasteiger partial charge in [-0.1, -0.05) is 0 Å². The first-order valence-electron chi connectivity index (χ1n) is 5.80. The highest BCUT2D eigenvalue weighted by atomic mass is 19.1. The molecule has 0 unspecified atom stereocenters. The van der Waals surface area contributed by atoms with E-state index in [0.29, 0.717) is 12.1 Å². The number of rotatable bonds is 4. The van der Waals surface area contributed by atoms with E-state index in [-0.39, 0.29) is 5.56 Å². The largest absolute Gasteiger partial charge is 0.382 e. The molecule has 0 bridgehead atoms. The van der Waals surface area contributed by atoms with Crippen molar-refractivity contribution in [2.75, 3.05) is 11.9 Å². The zero-order chi connectivity index (χ0) is 12.3. The lowest BCUT2D eigenvalue weighted by Crippen LogP contribution is -2.40. The highest BCUT2D eigenvalue weighted by Crippen LogP contribution is 2.27. The molecule has 2 rings (SSSR count). The van der Waals surface area contributed by atoms with Crippen LogP contribution in [-0.4, -0.2) is 18.8 Å². The van der Waals surface area contributed by atoms with Gasteiger partial charge in [0.2, 0.25) is 0 Å². The van der Waals surface area contributed by atoms with Gasteiger partial charge in [0.05, 0.1) is 11.7 Å². The fraction of sp³-hybridized carbons (Fsp3) is 0.462. The normalized spacial score (nSPS) is 22.6. The molecule has 1 aromatic carbocycles. The Balaban J connectivity index is 1.89. The third kappa shape index (κ3) is 2.75. The molecule has 1 aliphatic rings.